The SMILES string of the molecule is Cc1ccc(Cl)cc1NC(=O)CSc1nnc(-c2ccc(F)cc2)n1Cc1ccccc1. The summed E-state index contributed by atoms with van der Waals surface area (Å²) in [4.78, 5) is 12.6. The van der Waals surface area contributed by atoms with Crippen LogP contribution in [0.3, 0.4) is 0 Å². The van der Waals surface area contributed by atoms with E-state index < -0.39 is 0 Å². The van der Waals surface area contributed by atoms with E-state index in [1.807, 2.05) is 47.9 Å². The number of halogens is 2. The molecule has 1 heterocycles. The highest BCUT2D eigenvalue weighted by atomic mass is 35.5. The molecular weight excluding hydrogens is 447 g/mol. The van der Waals surface area contributed by atoms with Crippen LogP contribution in [0.4, 0.5) is 10.1 Å². The van der Waals surface area contributed by atoms with Gasteiger partial charge in [0.05, 0.1) is 12.3 Å². The van der Waals surface area contributed by atoms with Crippen LogP contribution in [0.5, 0.6) is 0 Å². The van der Waals surface area contributed by atoms with Crippen LogP contribution in [0.15, 0.2) is 78.0 Å². The zero-order valence-corrected chi connectivity index (χ0v) is 18.8. The van der Waals surface area contributed by atoms with E-state index in [9.17, 15) is 9.18 Å². The minimum absolute atomic E-state index is 0.155. The molecule has 0 spiro atoms. The summed E-state index contributed by atoms with van der Waals surface area (Å²) in [5, 5.41) is 12.7. The Hall–Kier alpha value is -3.16. The molecule has 0 saturated heterocycles. The Kier molecular flexibility index (Phi) is 6.87. The lowest BCUT2D eigenvalue weighted by molar-refractivity contribution is -0.113. The van der Waals surface area contributed by atoms with Crippen molar-refractivity contribution in [1.82, 2.24) is 14.8 Å². The second kappa shape index (κ2) is 9.97. The molecule has 1 amide bonds. The predicted octanol–water partition coefficient (Wildman–Crippen LogP) is 5.83. The Morgan fingerprint density at radius 2 is 1.81 bits per heavy atom. The molecule has 3 aromatic carbocycles. The van der Waals surface area contributed by atoms with Crippen molar-refractivity contribution in [3.05, 3.63) is 94.8 Å². The van der Waals surface area contributed by atoms with Crippen LogP contribution in [0.2, 0.25) is 5.02 Å². The van der Waals surface area contributed by atoms with Gasteiger partial charge in [0.1, 0.15) is 5.82 Å². The fourth-order valence-corrected chi connectivity index (χ4v) is 4.07. The Morgan fingerprint density at radius 1 is 1.06 bits per heavy atom. The Balaban J connectivity index is 1.55. The summed E-state index contributed by atoms with van der Waals surface area (Å²) < 4.78 is 15.3. The number of thioether (sulfide) groups is 1. The number of anilines is 1. The van der Waals surface area contributed by atoms with Crippen LogP contribution >= 0.6 is 23.4 Å². The fraction of sp³-hybridized carbons (Fsp3) is 0.125. The Morgan fingerprint density at radius 3 is 2.56 bits per heavy atom. The molecule has 8 heteroatoms. The second-order valence-corrected chi connectivity index (χ2v) is 8.56. The highest BCUT2D eigenvalue weighted by molar-refractivity contribution is 7.99. The molecule has 0 aliphatic rings. The topological polar surface area (TPSA) is 59.8 Å². The molecular formula is C24H20ClFN4OS. The molecule has 0 bridgehead atoms. The third-order valence-corrected chi connectivity index (χ3v) is 6.01. The first kappa shape index (κ1) is 22.0. The number of nitrogens with one attached hydrogen (secondary N) is 1. The molecule has 0 saturated carbocycles. The van der Waals surface area contributed by atoms with Crippen LogP contribution in [0.25, 0.3) is 11.4 Å². The van der Waals surface area contributed by atoms with Crippen molar-refractivity contribution in [2.45, 2.75) is 18.6 Å². The number of hydrogen-bond donors (Lipinski definition) is 1. The molecule has 32 heavy (non-hydrogen) atoms. The first-order valence-corrected chi connectivity index (χ1v) is 11.3. The quantitative estimate of drug-likeness (QED) is 0.348. The number of benzene rings is 3. The minimum atomic E-state index is -0.314. The molecule has 4 aromatic rings. The van der Waals surface area contributed by atoms with Gasteiger partial charge in [-0.1, -0.05) is 59.8 Å². The van der Waals surface area contributed by atoms with Gasteiger partial charge in [0.15, 0.2) is 11.0 Å². The van der Waals surface area contributed by atoms with E-state index in [4.69, 9.17) is 11.6 Å². The zero-order chi connectivity index (χ0) is 22.5. The van der Waals surface area contributed by atoms with Gasteiger partial charge in [0.25, 0.3) is 0 Å². The highest BCUT2D eigenvalue weighted by Crippen LogP contribution is 2.26. The van der Waals surface area contributed by atoms with Gasteiger partial charge >= 0.3 is 0 Å². The summed E-state index contributed by atoms with van der Waals surface area (Å²) >= 11 is 7.33. The standard InChI is InChI=1S/C24H20ClFN4OS/c1-16-7-10-19(25)13-21(16)27-22(31)15-32-24-29-28-23(18-8-11-20(26)12-9-18)30(24)14-17-5-3-2-4-6-17/h2-13H,14-15H2,1H3,(H,27,31). The van der Waals surface area contributed by atoms with Crippen molar-refractivity contribution in [2.24, 2.45) is 0 Å². The summed E-state index contributed by atoms with van der Waals surface area (Å²) in [6.45, 7) is 2.43. The summed E-state index contributed by atoms with van der Waals surface area (Å²) in [6, 6.07) is 21.4. The molecule has 1 N–H and O–H groups in total. The molecule has 162 valence electrons. The van der Waals surface area contributed by atoms with Crippen LogP contribution in [0, 0.1) is 12.7 Å². The lowest BCUT2D eigenvalue weighted by atomic mass is 10.2. The van der Waals surface area contributed by atoms with E-state index in [0.29, 0.717) is 28.2 Å². The summed E-state index contributed by atoms with van der Waals surface area (Å²) in [5.41, 5.74) is 3.43. The van der Waals surface area contributed by atoms with E-state index in [1.54, 1.807) is 24.3 Å². The van der Waals surface area contributed by atoms with Crippen LogP contribution in [-0.4, -0.2) is 26.4 Å². The largest absolute Gasteiger partial charge is 0.325 e. The molecule has 0 radical (unpaired) electrons. The smallest absolute Gasteiger partial charge is 0.234 e. The number of carbonyl (C=O) groups excluding carboxylic acids is 1. The van der Waals surface area contributed by atoms with Gasteiger partial charge in [-0.25, -0.2) is 4.39 Å². The van der Waals surface area contributed by atoms with Gasteiger partial charge in [-0.05, 0) is 54.4 Å². The maximum Gasteiger partial charge on any atom is 0.234 e. The predicted molar refractivity (Wildman–Crippen MR) is 127 cm³/mol. The number of nitrogens with zero attached hydrogens (tertiary/aromatic N) is 3. The van der Waals surface area contributed by atoms with Crippen molar-refractivity contribution in [3.63, 3.8) is 0 Å². The highest BCUT2D eigenvalue weighted by Gasteiger charge is 2.17. The van der Waals surface area contributed by atoms with Crippen molar-refractivity contribution in [3.8, 4) is 11.4 Å². The third kappa shape index (κ3) is 5.36. The molecule has 5 nitrogen and oxygen atoms in total. The Bertz CT molecular complexity index is 1230. The molecule has 0 unspecified atom stereocenters. The summed E-state index contributed by atoms with van der Waals surface area (Å²) in [6.07, 6.45) is 0. The van der Waals surface area contributed by atoms with E-state index in [1.165, 1.54) is 23.9 Å². The number of rotatable bonds is 7. The lowest BCUT2D eigenvalue weighted by Crippen LogP contribution is -2.15. The lowest BCUT2D eigenvalue weighted by Gasteiger charge is -2.11. The van der Waals surface area contributed by atoms with Gasteiger partial charge in [-0.2, -0.15) is 0 Å². The normalized spacial score (nSPS) is 10.8. The first-order chi connectivity index (χ1) is 15.5. The van der Waals surface area contributed by atoms with Gasteiger partial charge in [0, 0.05) is 16.3 Å². The van der Waals surface area contributed by atoms with Crippen LogP contribution < -0.4 is 5.32 Å². The molecule has 1 aromatic heterocycles. The summed E-state index contributed by atoms with van der Waals surface area (Å²) in [5.74, 6) is 0.285. The molecule has 0 fully saturated rings. The fourth-order valence-electron chi connectivity index (χ4n) is 3.16. The van der Waals surface area contributed by atoms with E-state index in [-0.39, 0.29) is 17.5 Å². The van der Waals surface area contributed by atoms with E-state index in [0.717, 1.165) is 16.7 Å². The summed E-state index contributed by atoms with van der Waals surface area (Å²) in [7, 11) is 0. The van der Waals surface area contributed by atoms with Gasteiger partial charge in [0.2, 0.25) is 5.91 Å². The number of amides is 1. The molecule has 4 rings (SSSR count). The zero-order valence-electron chi connectivity index (χ0n) is 17.3. The second-order valence-electron chi connectivity index (χ2n) is 7.18. The Labute approximate surface area is 194 Å². The number of hydrogen-bond acceptors (Lipinski definition) is 4. The van der Waals surface area contributed by atoms with Crippen LogP contribution in [-0.2, 0) is 11.3 Å². The van der Waals surface area contributed by atoms with Crippen molar-refractivity contribution >= 4 is 35.0 Å². The van der Waals surface area contributed by atoms with Gasteiger partial charge in [-0.3, -0.25) is 9.36 Å². The average Bonchev–Trinajstić information content (AvgIpc) is 3.18. The molecule has 0 aliphatic carbocycles. The van der Waals surface area contributed by atoms with Gasteiger partial charge < -0.3 is 5.32 Å². The monoisotopic (exact) mass is 466 g/mol. The molecule has 0 atom stereocenters. The van der Waals surface area contributed by atoms with E-state index in [2.05, 4.69) is 15.5 Å². The maximum absolute atomic E-state index is 13.4. The molecule has 0 aliphatic heterocycles. The first-order valence-electron chi connectivity index (χ1n) is 9.91. The van der Waals surface area contributed by atoms with E-state index >= 15 is 0 Å². The third-order valence-electron chi connectivity index (χ3n) is 4.81. The maximum atomic E-state index is 13.4. The van der Waals surface area contributed by atoms with Crippen molar-refractivity contribution in [2.75, 3.05) is 11.1 Å². The average molecular weight is 467 g/mol. The number of aryl methyl sites for hydroxylation is 1. The van der Waals surface area contributed by atoms with Crippen molar-refractivity contribution in [1.29, 1.82) is 0 Å². The number of aromatic nitrogens is 3. The van der Waals surface area contributed by atoms with Crippen molar-refractivity contribution < 1.29 is 9.18 Å². The van der Waals surface area contributed by atoms with Gasteiger partial charge in [-0.15, -0.1) is 10.2 Å². The number of carbonyl (C=O) groups is 1. The minimum Gasteiger partial charge on any atom is -0.325 e. The van der Waals surface area contributed by atoms with Crippen LogP contribution in [0.1, 0.15) is 11.1 Å².